The topological polar surface area (TPSA) is 26.3 Å². The van der Waals surface area contributed by atoms with Gasteiger partial charge in [-0.3, -0.25) is 0 Å². The highest BCUT2D eigenvalue weighted by Crippen LogP contribution is 2.48. The van der Waals surface area contributed by atoms with Gasteiger partial charge in [0, 0.05) is 12.0 Å². The molecular formula is C16H30O2Si. The lowest BCUT2D eigenvalue weighted by Crippen LogP contribution is -2.47. The smallest absolute Gasteiger partial charge is 0.192 e. The number of rotatable bonds is 3. The van der Waals surface area contributed by atoms with E-state index < -0.39 is 8.32 Å². The molecule has 2 saturated carbocycles. The van der Waals surface area contributed by atoms with Gasteiger partial charge in [0.05, 0.1) is 0 Å². The van der Waals surface area contributed by atoms with E-state index in [4.69, 9.17) is 4.43 Å². The molecule has 0 unspecified atom stereocenters. The van der Waals surface area contributed by atoms with Crippen LogP contribution in [0.5, 0.6) is 0 Å². The van der Waals surface area contributed by atoms with Gasteiger partial charge in [0.1, 0.15) is 6.29 Å². The highest BCUT2D eigenvalue weighted by Gasteiger charge is 2.46. The lowest BCUT2D eigenvalue weighted by atomic mass is 9.80. The van der Waals surface area contributed by atoms with Crippen LogP contribution in [0.2, 0.25) is 18.1 Å². The highest BCUT2D eigenvalue weighted by atomic mass is 28.4. The third kappa shape index (κ3) is 3.13. The van der Waals surface area contributed by atoms with Crippen molar-refractivity contribution in [2.75, 3.05) is 0 Å². The van der Waals surface area contributed by atoms with E-state index in [9.17, 15) is 4.79 Å². The zero-order chi connectivity index (χ0) is 14.3. The molecule has 0 spiro atoms. The standard InChI is InChI=1S/C16H30O2Si/c1-16(2,3)19(4,5)18-15-8-6-7-13-9-12(11-17)10-14(13)15/h11-15H,6-10H2,1-5H3/t12-,13+,14-,15+/m1/s1. The van der Waals surface area contributed by atoms with Crippen LogP contribution in [0.25, 0.3) is 0 Å². The van der Waals surface area contributed by atoms with Crippen molar-refractivity contribution in [2.45, 2.75) is 77.1 Å². The Kier molecular flexibility index (Phi) is 4.27. The Hall–Kier alpha value is -0.153. The zero-order valence-electron chi connectivity index (χ0n) is 13.2. The van der Waals surface area contributed by atoms with Crippen molar-refractivity contribution >= 4 is 14.6 Å². The first kappa shape index (κ1) is 15.2. The average molecular weight is 282 g/mol. The fourth-order valence-corrected chi connectivity index (χ4v) is 5.00. The first-order valence-corrected chi connectivity index (χ1v) is 10.8. The van der Waals surface area contributed by atoms with Crippen LogP contribution in [0.3, 0.4) is 0 Å². The molecule has 0 saturated heterocycles. The van der Waals surface area contributed by atoms with Crippen LogP contribution >= 0.6 is 0 Å². The van der Waals surface area contributed by atoms with Crippen LogP contribution in [0.4, 0.5) is 0 Å². The predicted molar refractivity (Wildman–Crippen MR) is 81.7 cm³/mol. The van der Waals surface area contributed by atoms with Gasteiger partial charge in [-0.05, 0) is 55.7 Å². The largest absolute Gasteiger partial charge is 0.414 e. The summed E-state index contributed by atoms with van der Waals surface area (Å²) in [6, 6.07) is 0. The van der Waals surface area contributed by atoms with E-state index >= 15 is 0 Å². The minimum Gasteiger partial charge on any atom is -0.414 e. The van der Waals surface area contributed by atoms with E-state index in [1.54, 1.807) is 0 Å². The molecule has 2 nitrogen and oxygen atoms in total. The summed E-state index contributed by atoms with van der Waals surface area (Å²) >= 11 is 0. The second kappa shape index (κ2) is 5.32. The quantitative estimate of drug-likeness (QED) is 0.566. The van der Waals surface area contributed by atoms with Gasteiger partial charge in [0.2, 0.25) is 0 Å². The molecule has 3 heteroatoms. The Morgan fingerprint density at radius 3 is 2.42 bits per heavy atom. The zero-order valence-corrected chi connectivity index (χ0v) is 14.2. The second-order valence-electron chi connectivity index (χ2n) is 8.14. The molecule has 0 radical (unpaired) electrons. The van der Waals surface area contributed by atoms with E-state index in [-0.39, 0.29) is 5.04 Å². The van der Waals surface area contributed by atoms with E-state index in [0.717, 1.165) is 18.8 Å². The molecule has 0 heterocycles. The summed E-state index contributed by atoms with van der Waals surface area (Å²) in [6.45, 7) is 11.6. The van der Waals surface area contributed by atoms with Crippen molar-refractivity contribution < 1.29 is 9.22 Å². The maximum atomic E-state index is 11.1. The van der Waals surface area contributed by atoms with Gasteiger partial charge in [-0.2, -0.15) is 0 Å². The molecule has 19 heavy (non-hydrogen) atoms. The van der Waals surface area contributed by atoms with Crippen LogP contribution in [0.1, 0.15) is 52.9 Å². The molecule has 0 aromatic carbocycles. The van der Waals surface area contributed by atoms with E-state index in [2.05, 4.69) is 33.9 Å². The molecule has 4 atom stereocenters. The first-order chi connectivity index (χ1) is 8.74. The normalized spacial score (nSPS) is 36.1. The van der Waals surface area contributed by atoms with Crippen molar-refractivity contribution in [2.24, 2.45) is 17.8 Å². The Labute approximate surface area is 119 Å². The lowest BCUT2D eigenvalue weighted by Gasteiger charge is -2.43. The van der Waals surface area contributed by atoms with Gasteiger partial charge in [-0.25, -0.2) is 0 Å². The van der Waals surface area contributed by atoms with Crippen molar-refractivity contribution in [3.63, 3.8) is 0 Å². The summed E-state index contributed by atoms with van der Waals surface area (Å²) < 4.78 is 6.67. The summed E-state index contributed by atoms with van der Waals surface area (Å²) in [4.78, 5) is 11.1. The fraction of sp³-hybridized carbons (Fsp3) is 0.938. The molecule has 0 aromatic rings. The molecule has 2 aliphatic carbocycles. The number of hydrogen-bond donors (Lipinski definition) is 0. The first-order valence-electron chi connectivity index (χ1n) is 7.88. The number of carbonyl (C=O) groups excluding carboxylic acids is 1. The Morgan fingerprint density at radius 1 is 1.16 bits per heavy atom. The maximum absolute atomic E-state index is 11.1. The third-order valence-electron chi connectivity index (χ3n) is 5.77. The molecule has 2 rings (SSSR count). The third-order valence-corrected chi connectivity index (χ3v) is 10.3. The van der Waals surface area contributed by atoms with E-state index in [0.29, 0.717) is 17.9 Å². The highest BCUT2D eigenvalue weighted by molar-refractivity contribution is 6.74. The molecule has 110 valence electrons. The van der Waals surface area contributed by atoms with Gasteiger partial charge in [0.25, 0.3) is 0 Å². The van der Waals surface area contributed by atoms with Crippen LogP contribution in [-0.4, -0.2) is 20.7 Å². The van der Waals surface area contributed by atoms with Crippen molar-refractivity contribution in [1.29, 1.82) is 0 Å². The lowest BCUT2D eigenvalue weighted by molar-refractivity contribution is -0.111. The molecule has 0 aromatic heterocycles. The number of hydrogen-bond acceptors (Lipinski definition) is 2. The Morgan fingerprint density at radius 2 is 1.84 bits per heavy atom. The second-order valence-corrected chi connectivity index (χ2v) is 12.9. The number of fused-ring (bicyclic) bond motifs is 1. The van der Waals surface area contributed by atoms with Crippen LogP contribution in [-0.2, 0) is 9.22 Å². The molecule has 0 N–H and O–H groups in total. The van der Waals surface area contributed by atoms with E-state index in [1.807, 2.05) is 0 Å². The SMILES string of the molecule is CC(C)(C)[Si](C)(C)O[C@H]1CCC[C@H]2C[C@@H](C=O)C[C@H]21. The summed E-state index contributed by atoms with van der Waals surface area (Å²) in [6.07, 6.45) is 7.60. The molecule has 0 bridgehead atoms. The van der Waals surface area contributed by atoms with Gasteiger partial charge in [0.15, 0.2) is 8.32 Å². The number of aldehydes is 1. The molecule has 0 amide bonds. The van der Waals surface area contributed by atoms with Gasteiger partial charge in [-0.1, -0.05) is 27.2 Å². The van der Waals surface area contributed by atoms with Crippen LogP contribution in [0.15, 0.2) is 0 Å². The summed E-state index contributed by atoms with van der Waals surface area (Å²) in [5, 5.41) is 0.280. The average Bonchev–Trinajstić information content (AvgIpc) is 2.71. The number of carbonyl (C=O) groups is 1. The Bertz CT molecular complexity index is 332. The molecule has 2 aliphatic rings. The minimum atomic E-state index is -1.67. The van der Waals surface area contributed by atoms with Gasteiger partial charge >= 0.3 is 0 Å². The van der Waals surface area contributed by atoms with Gasteiger partial charge < -0.3 is 9.22 Å². The van der Waals surface area contributed by atoms with Crippen molar-refractivity contribution in [3.05, 3.63) is 0 Å². The summed E-state index contributed by atoms with van der Waals surface area (Å²) in [5.41, 5.74) is 0. The Balaban J connectivity index is 2.06. The van der Waals surface area contributed by atoms with E-state index in [1.165, 1.54) is 25.5 Å². The molecule has 2 fully saturated rings. The van der Waals surface area contributed by atoms with Crippen LogP contribution < -0.4 is 0 Å². The monoisotopic (exact) mass is 282 g/mol. The molecule has 0 aliphatic heterocycles. The van der Waals surface area contributed by atoms with Crippen molar-refractivity contribution in [1.82, 2.24) is 0 Å². The minimum absolute atomic E-state index is 0.280. The van der Waals surface area contributed by atoms with Crippen LogP contribution in [0, 0.1) is 17.8 Å². The predicted octanol–water partition coefficient (Wildman–Crippen LogP) is 4.40. The maximum Gasteiger partial charge on any atom is 0.192 e. The summed E-state index contributed by atoms with van der Waals surface area (Å²) in [7, 11) is -1.67. The summed E-state index contributed by atoms with van der Waals surface area (Å²) in [5.74, 6) is 1.70. The molecular weight excluding hydrogens is 252 g/mol. The van der Waals surface area contributed by atoms with Gasteiger partial charge in [-0.15, -0.1) is 0 Å². The fourth-order valence-electron chi connectivity index (χ4n) is 3.60. The van der Waals surface area contributed by atoms with Crippen molar-refractivity contribution in [3.8, 4) is 0 Å².